The zero-order valence-corrected chi connectivity index (χ0v) is 15.2. The van der Waals surface area contributed by atoms with Gasteiger partial charge < -0.3 is 14.6 Å². The van der Waals surface area contributed by atoms with Crippen LogP contribution in [0.1, 0.15) is 52.2 Å². The average Bonchev–Trinajstić information content (AvgIpc) is 2.71. The lowest BCUT2D eigenvalue weighted by atomic mass is 9.76. The number of carbonyl (C=O) groups is 1. The van der Waals surface area contributed by atoms with Crippen LogP contribution in [0, 0.1) is 0 Å². The van der Waals surface area contributed by atoms with Crippen LogP contribution in [0.3, 0.4) is 0 Å². The molecule has 0 saturated carbocycles. The van der Waals surface area contributed by atoms with Crippen LogP contribution in [0.25, 0.3) is 6.08 Å². The van der Waals surface area contributed by atoms with E-state index in [4.69, 9.17) is 9.31 Å². The van der Waals surface area contributed by atoms with Gasteiger partial charge in [0.05, 0.1) is 11.2 Å². The first kappa shape index (κ1) is 19.6. The van der Waals surface area contributed by atoms with Gasteiger partial charge in [-0.25, -0.2) is 8.78 Å². The summed E-state index contributed by atoms with van der Waals surface area (Å²) in [6, 6.07) is 6.26. The summed E-state index contributed by atoms with van der Waals surface area (Å²) in [5, 5.41) is 2.69. The lowest BCUT2D eigenvalue weighted by molar-refractivity contribution is -0.118. The van der Waals surface area contributed by atoms with Crippen LogP contribution in [0.4, 0.5) is 8.78 Å². The Bertz CT molecular complexity index is 658. The number of benzene rings is 1. The summed E-state index contributed by atoms with van der Waals surface area (Å²) in [5.41, 5.74) is -0.224. The summed E-state index contributed by atoms with van der Waals surface area (Å²) in [4.78, 5) is 11.3. The van der Waals surface area contributed by atoms with Gasteiger partial charge in [0.1, 0.15) is 0 Å². The molecule has 0 bridgehead atoms. The number of alkyl halides is 2. The molecular weight excluding hydrogens is 327 g/mol. The fourth-order valence-corrected chi connectivity index (χ4v) is 2.46. The van der Waals surface area contributed by atoms with Crippen molar-refractivity contribution in [1.82, 2.24) is 5.32 Å². The van der Waals surface area contributed by atoms with Crippen LogP contribution in [-0.2, 0) is 14.1 Å². The highest BCUT2D eigenvalue weighted by Gasteiger charge is 2.52. The van der Waals surface area contributed by atoms with Crippen molar-refractivity contribution in [2.24, 2.45) is 0 Å². The Morgan fingerprint density at radius 1 is 1.20 bits per heavy atom. The lowest BCUT2D eigenvalue weighted by Crippen LogP contribution is -2.41. The number of amides is 1. The third-order valence-electron chi connectivity index (χ3n) is 4.67. The molecule has 1 saturated heterocycles. The van der Waals surface area contributed by atoms with Crippen molar-refractivity contribution < 1.29 is 22.9 Å². The number of halogens is 2. The molecule has 0 unspecified atom stereocenters. The van der Waals surface area contributed by atoms with E-state index in [0.29, 0.717) is 11.0 Å². The summed E-state index contributed by atoms with van der Waals surface area (Å²) >= 11 is 0. The fourth-order valence-electron chi connectivity index (χ4n) is 2.46. The van der Waals surface area contributed by atoms with Crippen molar-refractivity contribution in [3.63, 3.8) is 0 Å². The molecule has 0 aliphatic carbocycles. The minimum Gasteiger partial charge on any atom is -0.400 e. The second-order valence-corrected chi connectivity index (χ2v) is 7.15. The second kappa shape index (κ2) is 7.26. The number of hydrogen-bond acceptors (Lipinski definition) is 3. The molecule has 1 N–H and O–H groups in total. The fraction of sp³-hybridized carbons (Fsp3) is 0.500. The van der Waals surface area contributed by atoms with E-state index in [2.05, 4.69) is 5.32 Å². The van der Waals surface area contributed by atoms with Crippen molar-refractivity contribution in [3.8, 4) is 0 Å². The highest BCUT2D eigenvalue weighted by Crippen LogP contribution is 2.39. The third-order valence-corrected chi connectivity index (χ3v) is 4.67. The summed E-state index contributed by atoms with van der Waals surface area (Å²) < 4.78 is 38.5. The number of carbonyl (C=O) groups excluding carboxylic acids is 1. The van der Waals surface area contributed by atoms with Crippen molar-refractivity contribution in [3.05, 3.63) is 40.9 Å². The van der Waals surface area contributed by atoms with E-state index in [1.165, 1.54) is 13.0 Å². The van der Waals surface area contributed by atoms with Gasteiger partial charge in [-0.2, -0.15) is 0 Å². The number of nitrogens with one attached hydrogen (secondary N) is 1. The first-order valence-corrected chi connectivity index (χ1v) is 8.21. The standard InChI is InChI=1S/C18H24BF2NO3/c1-12(23)22-11-14(19-24-17(2,3)18(4,5)25-19)10-13-8-6-7-9-15(13)16(20)21/h6-10,16H,11H2,1-5H3,(H,22,23). The molecule has 1 aromatic carbocycles. The maximum absolute atomic E-state index is 13.3. The van der Waals surface area contributed by atoms with E-state index < -0.39 is 24.7 Å². The maximum atomic E-state index is 13.3. The van der Waals surface area contributed by atoms with Crippen molar-refractivity contribution in [1.29, 1.82) is 0 Å². The Hall–Kier alpha value is -1.73. The molecule has 0 aromatic heterocycles. The Labute approximate surface area is 147 Å². The Morgan fingerprint density at radius 2 is 1.76 bits per heavy atom. The van der Waals surface area contributed by atoms with Gasteiger partial charge >= 0.3 is 7.12 Å². The first-order chi connectivity index (χ1) is 11.5. The van der Waals surface area contributed by atoms with Gasteiger partial charge in [-0.3, -0.25) is 4.79 Å². The van der Waals surface area contributed by atoms with E-state index in [0.717, 1.165) is 0 Å². The summed E-state index contributed by atoms with van der Waals surface area (Å²) in [6.45, 7) is 9.21. The van der Waals surface area contributed by atoms with Crippen molar-refractivity contribution >= 4 is 19.1 Å². The molecule has 0 atom stereocenters. The third kappa shape index (κ3) is 4.47. The zero-order chi connectivity index (χ0) is 18.8. The SMILES string of the molecule is CC(=O)NCC(=Cc1ccccc1C(F)F)B1OC(C)(C)C(C)(C)O1. The van der Waals surface area contributed by atoms with Crippen LogP contribution in [-0.4, -0.2) is 30.8 Å². The predicted octanol–water partition coefficient (Wildman–Crippen LogP) is 3.78. The molecule has 0 spiro atoms. The van der Waals surface area contributed by atoms with Crippen LogP contribution < -0.4 is 5.32 Å². The minimum absolute atomic E-state index is 0.0701. The minimum atomic E-state index is -2.59. The van der Waals surface area contributed by atoms with Gasteiger partial charge in [0, 0.05) is 19.0 Å². The summed E-state index contributed by atoms with van der Waals surface area (Å²) in [7, 11) is -0.720. The van der Waals surface area contributed by atoms with E-state index in [1.807, 2.05) is 27.7 Å². The van der Waals surface area contributed by atoms with Gasteiger partial charge in [-0.1, -0.05) is 30.3 Å². The number of rotatable bonds is 5. The predicted molar refractivity (Wildman–Crippen MR) is 94.1 cm³/mol. The molecule has 25 heavy (non-hydrogen) atoms. The van der Waals surface area contributed by atoms with E-state index in [1.54, 1.807) is 24.3 Å². The Morgan fingerprint density at radius 3 is 2.28 bits per heavy atom. The summed E-state index contributed by atoms with van der Waals surface area (Å²) in [5.74, 6) is -0.218. The van der Waals surface area contributed by atoms with E-state index in [9.17, 15) is 13.6 Å². The molecule has 1 aromatic rings. The van der Waals surface area contributed by atoms with Gasteiger partial charge in [-0.15, -0.1) is 0 Å². The van der Waals surface area contributed by atoms with Crippen LogP contribution in [0.5, 0.6) is 0 Å². The normalized spacial score (nSPS) is 19.4. The van der Waals surface area contributed by atoms with E-state index >= 15 is 0 Å². The molecule has 136 valence electrons. The first-order valence-electron chi connectivity index (χ1n) is 8.21. The van der Waals surface area contributed by atoms with Crippen molar-refractivity contribution in [2.75, 3.05) is 6.54 Å². The van der Waals surface area contributed by atoms with Gasteiger partial charge in [-0.05, 0) is 38.7 Å². The molecule has 1 fully saturated rings. The van der Waals surface area contributed by atoms with Crippen LogP contribution in [0.15, 0.2) is 29.7 Å². The molecule has 1 aliphatic rings. The smallest absolute Gasteiger partial charge is 0.400 e. The molecule has 7 heteroatoms. The maximum Gasteiger partial charge on any atom is 0.492 e. The Kier molecular flexibility index (Phi) is 5.69. The Balaban J connectivity index is 2.39. The largest absolute Gasteiger partial charge is 0.492 e. The molecule has 0 radical (unpaired) electrons. The van der Waals surface area contributed by atoms with E-state index in [-0.39, 0.29) is 18.0 Å². The quantitative estimate of drug-likeness (QED) is 0.822. The second-order valence-electron chi connectivity index (χ2n) is 7.15. The molecule has 2 rings (SSSR count). The molecule has 4 nitrogen and oxygen atoms in total. The molecular formula is C18H24BF2NO3. The zero-order valence-electron chi connectivity index (χ0n) is 15.2. The van der Waals surface area contributed by atoms with Gasteiger partial charge in [0.2, 0.25) is 5.91 Å². The summed E-state index contributed by atoms with van der Waals surface area (Å²) in [6.07, 6.45) is -0.979. The number of hydrogen-bond donors (Lipinski definition) is 1. The monoisotopic (exact) mass is 351 g/mol. The topological polar surface area (TPSA) is 47.6 Å². The average molecular weight is 351 g/mol. The van der Waals surface area contributed by atoms with Crippen LogP contribution in [0.2, 0.25) is 0 Å². The van der Waals surface area contributed by atoms with Gasteiger partial charge in [0.25, 0.3) is 6.43 Å². The van der Waals surface area contributed by atoms with Gasteiger partial charge in [0.15, 0.2) is 0 Å². The molecule has 1 amide bonds. The highest BCUT2D eigenvalue weighted by atomic mass is 19.3. The molecule has 1 heterocycles. The van der Waals surface area contributed by atoms with Crippen LogP contribution >= 0.6 is 0 Å². The highest BCUT2D eigenvalue weighted by molar-refractivity contribution is 6.56. The lowest BCUT2D eigenvalue weighted by Gasteiger charge is -2.32. The molecule has 1 aliphatic heterocycles. The van der Waals surface area contributed by atoms with Crippen molar-refractivity contribution in [2.45, 2.75) is 52.2 Å².